The van der Waals surface area contributed by atoms with E-state index >= 15 is 0 Å². The molecule has 0 radical (unpaired) electrons. The topological polar surface area (TPSA) is 104 Å². The minimum absolute atomic E-state index is 0.123. The Morgan fingerprint density at radius 3 is 2.82 bits per heavy atom. The number of rotatable bonds is 5. The van der Waals surface area contributed by atoms with Crippen LogP contribution >= 0.6 is 23.1 Å². The van der Waals surface area contributed by atoms with Gasteiger partial charge in [0.05, 0.1) is 27.4 Å². The van der Waals surface area contributed by atoms with Crippen molar-refractivity contribution in [2.24, 2.45) is 0 Å². The average Bonchev–Trinajstić information content (AvgIpc) is 3.19. The van der Waals surface area contributed by atoms with Crippen LogP contribution in [-0.2, 0) is 10.5 Å². The van der Waals surface area contributed by atoms with Crippen molar-refractivity contribution in [3.05, 3.63) is 50.9 Å². The molecule has 1 atom stereocenters. The molecule has 0 aliphatic heterocycles. The number of thiophene rings is 1. The zero-order valence-corrected chi connectivity index (χ0v) is 17.3. The van der Waals surface area contributed by atoms with Crippen molar-refractivity contribution >= 4 is 56.2 Å². The molecule has 3 aromatic heterocycles. The van der Waals surface area contributed by atoms with Crippen molar-refractivity contribution in [3.63, 3.8) is 0 Å². The maximum Gasteiger partial charge on any atom is 0.259 e. The Hall–Kier alpha value is -2.65. The van der Waals surface area contributed by atoms with Crippen LogP contribution in [0.15, 0.2) is 29.1 Å². The summed E-state index contributed by atoms with van der Waals surface area (Å²) in [7, 11) is 0. The molecule has 0 saturated heterocycles. The van der Waals surface area contributed by atoms with Gasteiger partial charge in [-0.05, 0) is 38.5 Å². The number of aromatic nitrogens is 4. The second-order valence-corrected chi connectivity index (χ2v) is 9.05. The summed E-state index contributed by atoms with van der Waals surface area (Å²) in [4.78, 5) is 41.5. The van der Waals surface area contributed by atoms with Crippen molar-refractivity contribution in [2.75, 3.05) is 5.32 Å². The standard InChI is InChI=1S/C19H19N5O2S2/c1-9-10(2)28-18-15(9)17(26)22-14(23-18)8-27-11(3)16(25)24-19-20-12-6-4-5-7-13(12)21-19/h4-7,11H,8H2,1-3H3,(H,22,23,26)(H2,20,21,24,25). The molecule has 4 aromatic rings. The van der Waals surface area contributed by atoms with E-state index in [1.54, 1.807) is 0 Å². The van der Waals surface area contributed by atoms with Gasteiger partial charge in [-0.15, -0.1) is 23.1 Å². The number of carbonyl (C=O) groups excluding carboxylic acids is 1. The lowest BCUT2D eigenvalue weighted by Gasteiger charge is -2.10. The Labute approximate surface area is 169 Å². The Balaban J connectivity index is 1.43. The quantitative estimate of drug-likeness (QED) is 0.462. The third kappa shape index (κ3) is 3.55. The highest BCUT2D eigenvalue weighted by Crippen LogP contribution is 2.26. The van der Waals surface area contributed by atoms with Gasteiger partial charge in [0.1, 0.15) is 10.7 Å². The van der Waals surface area contributed by atoms with Crippen molar-refractivity contribution < 1.29 is 4.79 Å². The molecule has 9 heteroatoms. The second kappa shape index (κ2) is 7.40. The average molecular weight is 414 g/mol. The molecule has 1 aromatic carbocycles. The normalized spacial score (nSPS) is 12.5. The molecule has 0 fully saturated rings. The molecule has 0 aliphatic carbocycles. The third-order valence-corrected chi connectivity index (χ3v) is 6.81. The van der Waals surface area contributed by atoms with Crippen molar-refractivity contribution in [2.45, 2.75) is 31.8 Å². The number of fused-ring (bicyclic) bond motifs is 2. The van der Waals surface area contributed by atoms with E-state index in [-0.39, 0.29) is 16.7 Å². The lowest BCUT2D eigenvalue weighted by atomic mass is 10.2. The van der Waals surface area contributed by atoms with Gasteiger partial charge < -0.3 is 9.97 Å². The fourth-order valence-corrected chi connectivity index (χ4v) is 4.68. The summed E-state index contributed by atoms with van der Waals surface area (Å²) in [6.07, 6.45) is 0. The van der Waals surface area contributed by atoms with Gasteiger partial charge in [-0.3, -0.25) is 14.9 Å². The monoisotopic (exact) mass is 413 g/mol. The number of H-pyrrole nitrogens is 2. The smallest absolute Gasteiger partial charge is 0.259 e. The van der Waals surface area contributed by atoms with Gasteiger partial charge in [0.15, 0.2) is 0 Å². The third-order valence-electron chi connectivity index (χ3n) is 4.56. The lowest BCUT2D eigenvalue weighted by molar-refractivity contribution is -0.115. The number of amides is 1. The molecule has 144 valence electrons. The lowest BCUT2D eigenvalue weighted by Crippen LogP contribution is -2.23. The van der Waals surface area contributed by atoms with E-state index in [0.29, 0.717) is 22.9 Å². The summed E-state index contributed by atoms with van der Waals surface area (Å²) in [5.74, 6) is 1.29. The van der Waals surface area contributed by atoms with Crippen molar-refractivity contribution in [1.29, 1.82) is 0 Å². The van der Waals surface area contributed by atoms with Crippen LogP contribution in [0, 0.1) is 13.8 Å². The largest absolute Gasteiger partial charge is 0.324 e. The van der Waals surface area contributed by atoms with Gasteiger partial charge >= 0.3 is 0 Å². The molecule has 4 rings (SSSR count). The highest BCUT2D eigenvalue weighted by Gasteiger charge is 2.17. The minimum atomic E-state index is -0.332. The van der Waals surface area contributed by atoms with Crippen LogP contribution in [-0.4, -0.2) is 31.1 Å². The Bertz CT molecular complexity index is 1210. The van der Waals surface area contributed by atoms with Gasteiger partial charge in [-0.1, -0.05) is 12.1 Å². The molecule has 0 bridgehead atoms. The molecule has 1 amide bonds. The summed E-state index contributed by atoms with van der Waals surface area (Å²) in [5.41, 5.74) is 2.53. The molecule has 3 heterocycles. The first-order valence-corrected chi connectivity index (χ1v) is 10.6. The number of para-hydroxylation sites is 2. The number of anilines is 1. The van der Waals surface area contributed by atoms with E-state index in [2.05, 4.69) is 25.3 Å². The predicted molar refractivity (Wildman–Crippen MR) is 115 cm³/mol. The van der Waals surface area contributed by atoms with Gasteiger partial charge in [-0.25, -0.2) is 9.97 Å². The summed E-state index contributed by atoms with van der Waals surface area (Å²) >= 11 is 2.93. The first-order chi connectivity index (χ1) is 13.4. The zero-order valence-electron chi connectivity index (χ0n) is 15.6. The maximum atomic E-state index is 12.5. The second-order valence-electron chi connectivity index (χ2n) is 6.52. The fraction of sp³-hybridized carbons (Fsp3) is 0.263. The molecular formula is C19H19N5O2S2. The fourth-order valence-electron chi connectivity index (χ4n) is 2.88. The van der Waals surface area contributed by atoms with Gasteiger partial charge in [-0.2, -0.15) is 0 Å². The SMILES string of the molecule is Cc1sc2nc(CSC(C)C(=O)Nc3nc4ccccc4[nH]3)[nH]c(=O)c2c1C. The molecule has 28 heavy (non-hydrogen) atoms. The number of thioether (sulfide) groups is 1. The van der Waals surface area contributed by atoms with Crippen LogP contribution in [0.4, 0.5) is 5.95 Å². The van der Waals surface area contributed by atoms with E-state index in [0.717, 1.165) is 26.3 Å². The molecule has 0 aliphatic rings. The molecule has 3 N–H and O–H groups in total. The predicted octanol–water partition coefficient (Wildman–Crippen LogP) is 3.74. The number of carbonyl (C=O) groups is 1. The van der Waals surface area contributed by atoms with Crippen molar-refractivity contribution in [1.82, 2.24) is 19.9 Å². The molecule has 0 spiro atoms. The zero-order chi connectivity index (χ0) is 19.8. The number of nitrogens with zero attached hydrogens (tertiary/aromatic N) is 2. The Morgan fingerprint density at radius 2 is 2.04 bits per heavy atom. The summed E-state index contributed by atoms with van der Waals surface area (Å²) in [6, 6.07) is 7.59. The summed E-state index contributed by atoms with van der Waals surface area (Å²) in [6.45, 7) is 5.74. The summed E-state index contributed by atoms with van der Waals surface area (Å²) < 4.78 is 0. The van der Waals surface area contributed by atoms with E-state index in [1.807, 2.05) is 45.0 Å². The van der Waals surface area contributed by atoms with Crippen LogP contribution in [0.1, 0.15) is 23.2 Å². The molecule has 0 saturated carbocycles. The highest BCUT2D eigenvalue weighted by atomic mass is 32.2. The van der Waals surface area contributed by atoms with Crippen LogP contribution in [0.2, 0.25) is 0 Å². The Kier molecular flexibility index (Phi) is 4.94. The molecule has 7 nitrogen and oxygen atoms in total. The van der Waals surface area contributed by atoms with Crippen molar-refractivity contribution in [3.8, 4) is 0 Å². The maximum absolute atomic E-state index is 12.5. The molecule has 1 unspecified atom stereocenters. The van der Waals surface area contributed by atoms with Crippen LogP contribution in [0.5, 0.6) is 0 Å². The number of benzene rings is 1. The number of nitrogens with one attached hydrogen (secondary N) is 3. The van der Waals surface area contributed by atoms with Crippen LogP contribution < -0.4 is 10.9 Å². The van der Waals surface area contributed by atoms with Crippen LogP contribution in [0.25, 0.3) is 21.3 Å². The highest BCUT2D eigenvalue weighted by molar-refractivity contribution is 7.99. The minimum Gasteiger partial charge on any atom is -0.324 e. The number of hydrogen-bond donors (Lipinski definition) is 3. The van der Waals surface area contributed by atoms with E-state index in [1.165, 1.54) is 23.1 Å². The van der Waals surface area contributed by atoms with E-state index < -0.39 is 0 Å². The number of hydrogen-bond acceptors (Lipinski definition) is 6. The number of imidazole rings is 1. The first-order valence-electron chi connectivity index (χ1n) is 8.78. The van der Waals surface area contributed by atoms with Gasteiger partial charge in [0.25, 0.3) is 5.56 Å². The first kappa shape index (κ1) is 18.7. The summed E-state index contributed by atoms with van der Waals surface area (Å²) in [5, 5.41) is 3.13. The van der Waals surface area contributed by atoms with E-state index in [9.17, 15) is 9.59 Å². The van der Waals surface area contributed by atoms with Crippen LogP contribution in [0.3, 0.4) is 0 Å². The Morgan fingerprint density at radius 1 is 1.25 bits per heavy atom. The molecular weight excluding hydrogens is 394 g/mol. The number of aromatic amines is 2. The van der Waals surface area contributed by atoms with Gasteiger partial charge in [0, 0.05) is 4.88 Å². The number of aryl methyl sites for hydroxylation is 2. The van der Waals surface area contributed by atoms with Gasteiger partial charge in [0.2, 0.25) is 11.9 Å². The van der Waals surface area contributed by atoms with E-state index in [4.69, 9.17) is 0 Å².